The summed E-state index contributed by atoms with van der Waals surface area (Å²) in [6.45, 7) is 5.10. The van der Waals surface area contributed by atoms with E-state index in [-0.39, 0.29) is 18.6 Å². The molecule has 0 aliphatic heterocycles. The molecule has 0 aromatic carbocycles. The normalized spacial score (nSPS) is 11.6. The quantitative estimate of drug-likeness (QED) is 0.663. The SMILES string of the molecule is CCC(C)N([CH]=[W])C(=O)COC(C)=O. The van der Waals surface area contributed by atoms with Crippen LogP contribution in [0.3, 0.4) is 0 Å². The zero-order valence-corrected chi connectivity index (χ0v) is 11.6. The molecule has 0 aliphatic carbocycles. The van der Waals surface area contributed by atoms with E-state index in [2.05, 4.69) is 4.74 Å². The van der Waals surface area contributed by atoms with Gasteiger partial charge in [-0.05, 0) is 0 Å². The molecule has 0 fully saturated rings. The van der Waals surface area contributed by atoms with Crippen molar-refractivity contribution in [3.63, 3.8) is 0 Å². The topological polar surface area (TPSA) is 46.6 Å². The Labute approximate surface area is 95.0 Å². The molecule has 0 N–H and O–H groups in total. The number of amides is 1. The average molecular weight is 369 g/mol. The van der Waals surface area contributed by atoms with E-state index in [1.807, 2.05) is 13.8 Å². The predicted molar refractivity (Wildman–Crippen MR) is 49.3 cm³/mol. The fraction of sp³-hybridized carbons (Fsp3) is 0.667. The Hall–Kier alpha value is -0.502. The average Bonchev–Trinajstić information content (AvgIpc) is 2.15. The zero-order chi connectivity index (χ0) is 11.1. The van der Waals surface area contributed by atoms with Crippen LogP contribution in [-0.2, 0) is 33.7 Å². The van der Waals surface area contributed by atoms with E-state index < -0.39 is 5.97 Å². The van der Waals surface area contributed by atoms with Gasteiger partial charge in [0.15, 0.2) is 0 Å². The molecule has 0 aliphatic rings. The summed E-state index contributed by atoms with van der Waals surface area (Å²) in [6, 6.07) is 0.163. The number of esters is 1. The van der Waals surface area contributed by atoms with Crippen LogP contribution in [0.1, 0.15) is 27.2 Å². The van der Waals surface area contributed by atoms with Gasteiger partial charge < -0.3 is 0 Å². The van der Waals surface area contributed by atoms with E-state index in [9.17, 15) is 9.59 Å². The summed E-state index contributed by atoms with van der Waals surface area (Å²) >= 11 is 1.21. The number of rotatable bonds is 5. The molecular weight excluding hydrogens is 354 g/mol. The number of carbonyl (C=O) groups excluding carboxylic acids is 2. The molecule has 0 aromatic rings. The van der Waals surface area contributed by atoms with Crippen molar-refractivity contribution in [1.82, 2.24) is 4.90 Å². The summed E-state index contributed by atoms with van der Waals surface area (Å²) in [4.78, 5) is 23.6. The Morgan fingerprint density at radius 3 is 2.50 bits per heavy atom. The number of ether oxygens (including phenoxy) is 1. The van der Waals surface area contributed by atoms with Crippen LogP contribution in [0, 0.1) is 0 Å². The summed E-state index contributed by atoms with van der Waals surface area (Å²) in [5.74, 6) is -0.588. The summed E-state index contributed by atoms with van der Waals surface area (Å²) < 4.78 is 6.43. The Balaban J connectivity index is 4.17. The molecule has 14 heavy (non-hydrogen) atoms. The van der Waals surface area contributed by atoms with E-state index in [1.165, 1.54) is 26.3 Å². The third-order valence-corrected chi connectivity index (χ3v) is 2.68. The fourth-order valence-electron chi connectivity index (χ4n) is 0.843. The predicted octanol–water partition coefficient (Wildman–Crippen LogP) is 0.483. The molecule has 0 saturated heterocycles. The van der Waals surface area contributed by atoms with Crippen LogP contribution in [0.15, 0.2) is 0 Å². The first kappa shape index (κ1) is 13.5. The molecule has 1 atom stereocenters. The van der Waals surface area contributed by atoms with Gasteiger partial charge in [-0.2, -0.15) is 0 Å². The molecule has 0 heterocycles. The molecule has 0 radical (unpaired) electrons. The van der Waals surface area contributed by atoms with Gasteiger partial charge in [0, 0.05) is 0 Å². The van der Waals surface area contributed by atoms with Crippen molar-refractivity contribution < 1.29 is 33.7 Å². The van der Waals surface area contributed by atoms with Crippen LogP contribution in [-0.4, -0.2) is 33.9 Å². The van der Waals surface area contributed by atoms with Crippen molar-refractivity contribution in [3.8, 4) is 0 Å². The first-order valence-corrected chi connectivity index (χ1v) is 6.12. The Morgan fingerprint density at radius 2 is 2.14 bits per heavy atom. The van der Waals surface area contributed by atoms with Gasteiger partial charge in [-0.15, -0.1) is 0 Å². The Kier molecular flexibility index (Phi) is 6.63. The zero-order valence-electron chi connectivity index (χ0n) is 8.65. The van der Waals surface area contributed by atoms with E-state index in [0.717, 1.165) is 6.42 Å². The van der Waals surface area contributed by atoms with Gasteiger partial charge in [-0.1, -0.05) is 0 Å². The molecule has 4 nitrogen and oxygen atoms in total. The van der Waals surface area contributed by atoms with Crippen molar-refractivity contribution in [2.24, 2.45) is 0 Å². The van der Waals surface area contributed by atoms with Gasteiger partial charge >= 0.3 is 94.8 Å². The van der Waals surface area contributed by atoms with Gasteiger partial charge in [0.25, 0.3) is 0 Å². The monoisotopic (exact) mass is 369 g/mol. The van der Waals surface area contributed by atoms with Gasteiger partial charge in [0.2, 0.25) is 0 Å². The number of carbonyl (C=O) groups is 2. The third kappa shape index (κ3) is 4.66. The fourth-order valence-corrected chi connectivity index (χ4v) is 2.01. The second-order valence-electron chi connectivity index (χ2n) is 2.94. The van der Waals surface area contributed by atoms with Crippen LogP contribution >= 0.6 is 0 Å². The molecule has 80 valence electrons. The first-order chi connectivity index (χ1) is 6.52. The number of nitrogens with zero attached hydrogens (tertiary/aromatic N) is 1. The first-order valence-electron chi connectivity index (χ1n) is 4.42. The molecule has 0 aromatic heterocycles. The molecule has 0 spiro atoms. The van der Waals surface area contributed by atoms with E-state index in [4.69, 9.17) is 0 Å². The summed E-state index contributed by atoms with van der Waals surface area (Å²) in [5.41, 5.74) is 0. The van der Waals surface area contributed by atoms with Gasteiger partial charge in [0.1, 0.15) is 0 Å². The number of hydrogen-bond donors (Lipinski definition) is 0. The van der Waals surface area contributed by atoms with Gasteiger partial charge in [-0.25, -0.2) is 0 Å². The minimum atomic E-state index is -0.425. The van der Waals surface area contributed by atoms with Crippen molar-refractivity contribution in [3.05, 3.63) is 0 Å². The molecule has 0 bridgehead atoms. The summed E-state index contributed by atoms with van der Waals surface area (Å²) in [6.07, 6.45) is 0.885. The van der Waals surface area contributed by atoms with Crippen molar-refractivity contribution in [1.29, 1.82) is 0 Å². The van der Waals surface area contributed by atoms with Crippen LogP contribution in [0.2, 0.25) is 0 Å². The maximum atomic E-state index is 11.5. The molecule has 0 saturated carbocycles. The van der Waals surface area contributed by atoms with Crippen molar-refractivity contribution >= 4 is 16.4 Å². The summed E-state index contributed by atoms with van der Waals surface area (Å²) in [5, 5.41) is 0. The van der Waals surface area contributed by atoms with Crippen LogP contribution in [0.4, 0.5) is 0 Å². The van der Waals surface area contributed by atoms with Crippen LogP contribution < -0.4 is 0 Å². The van der Waals surface area contributed by atoms with Crippen molar-refractivity contribution in [2.75, 3.05) is 6.61 Å². The van der Waals surface area contributed by atoms with E-state index >= 15 is 0 Å². The standard InChI is InChI=1S/C9H15NO3.W/c1-5-7(2)10(4)9(12)6-13-8(3)11;/h4,7H,5-6H2,1-3H3;. The van der Waals surface area contributed by atoms with Crippen molar-refractivity contribution in [2.45, 2.75) is 33.2 Å². The molecule has 5 heteroatoms. The van der Waals surface area contributed by atoms with Crippen LogP contribution in [0.5, 0.6) is 0 Å². The Bertz CT molecular complexity index is 230. The van der Waals surface area contributed by atoms with E-state index in [0.29, 0.717) is 0 Å². The molecule has 1 unspecified atom stereocenters. The molecular formula is C9H15NO3W. The second kappa shape index (κ2) is 6.88. The van der Waals surface area contributed by atoms with Gasteiger partial charge in [-0.3, -0.25) is 0 Å². The minimum absolute atomic E-state index is 0.162. The second-order valence-corrected chi connectivity index (χ2v) is 3.70. The van der Waals surface area contributed by atoms with Crippen LogP contribution in [0.25, 0.3) is 0 Å². The van der Waals surface area contributed by atoms with Gasteiger partial charge in [0.05, 0.1) is 0 Å². The number of hydrogen-bond acceptors (Lipinski definition) is 3. The maximum absolute atomic E-state index is 11.5. The molecule has 0 rings (SSSR count). The molecule has 1 amide bonds. The third-order valence-electron chi connectivity index (χ3n) is 1.87. The summed E-state index contributed by atoms with van der Waals surface area (Å²) in [7, 11) is 0. The Morgan fingerprint density at radius 1 is 1.57 bits per heavy atom. The van der Waals surface area contributed by atoms with E-state index in [1.54, 1.807) is 9.42 Å².